The maximum atomic E-state index is 10.6. The molecular weight excluding hydrogens is 393 g/mol. The molecule has 0 atom stereocenters. The van der Waals surface area contributed by atoms with Gasteiger partial charge in [-0.3, -0.25) is 0 Å². The number of carboxylic acid groups (broad SMARTS) is 1. The second-order valence-electron chi connectivity index (χ2n) is 2.09. The fourth-order valence-electron chi connectivity index (χ4n) is 0.729. The molecule has 0 unspecified atom stereocenters. The van der Waals surface area contributed by atoms with Gasteiger partial charge in [0.15, 0.2) is 0 Å². The van der Waals surface area contributed by atoms with Crippen LogP contribution in [0.3, 0.4) is 0 Å². The van der Waals surface area contributed by atoms with Gasteiger partial charge in [0.05, 0.1) is 3.57 Å². The fourth-order valence-corrected chi connectivity index (χ4v) is 2.57. The summed E-state index contributed by atoms with van der Waals surface area (Å²) in [6.45, 7) is 0. The number of halogens is 2. The molecule has 0 aliphatic carbocycles. The molecular formula is C7H5I2LiO3. The van der Waals surface area contributed by atoms with E-state index in [1.54, 1.807) is 6.07 Å². The summed E-state index contributed by atoms with van der Waals surface area (Å²) < 4.78 is 1.35. The maximum Gasteiger partial charge on any atom is 1.00 e. The van der Waals surface area contributed by atoms with E-state index in [0.717, 1.165) is 3.57 Å². The van der Waals surface area contributed by atoms with Crippen LogP contribution in [0, 0.1) is 7.14 Å². The van der Waals surface area contributed by atoms with Crippen LogP contribution in [-0.2, 0) is 0 Å². The standard InChI is InChI=1S/C7H4I2O3.Li.H/c8-3-1-4(7(11)12)6(10)5(9)2-3;;/h1-2,10H,(H,11,12);;/q;+1;-1. The molecule has 0 radical (unpaired) electrons. The summed E-state index contributed by atoms with van der Waals surface area (Å²) in [5.74, 6) is -1.27. The van der Waals surface area contributed by atoms with Crippen LogP contribution in [0.15, 0.2) is 12.1 Å². The molecule has 6 heteroatoms. The predicted molar refractivity (Wildman–Crippen MR) is 61.6 cm³/mol. The third-order valence-corrected chi connectivity index (χ3v) is 2.70. The molecule has 0 fully saturated rings. The average Bonchev–Trinajstić information content (AvgIpc) is 1.96. The van der Waals surface area contributed by atoms with E-state index in [9.17, 15) is 9.90 Å². The maximum absolute atomic E-state index is 10.6. The minimum Gasteiger partial charge on any atom is -1.00 e. The van der Waals surface area contributed by atoms with Crippen LogP contribution >= 0.6 is 45.2 Å². The Balaban J connectivity index is 0. The van der Waals surface area contributed by atoms with E-state index in [1.807, 2.05) is 45.2 Å². The van der Waals surface area contributed by atoms with Crippen LogP contribution in [0.4, 0.5) is 0 Å². The molecule has 0 aliphatic heterocycles. The zero-order chi connectivity index (χ0) is 9.30. The summed E-state index contributed by atoms with van der Waals surface area (Å²) in [4.78, 5) is 10.6. The number of aromatic carboxylic acids is 1. The van der Waals surface area contributed by atoms with E-state index in [0.29, 0.717) is 3.57 Å². The van der Waals surface area contributed by atoms with E-state index in [2.05, 4.69) is 0 Å². The normalized spacial score (nSPS) is 9.08. The Morgan fingerprint density at radius 3 is 2.38 bits per heavy atom. The Morgan fingerprint density at radius 2 is 1.92 bits per heavy atom. The van der Waals surface area contributed by atoms with Crippen molar-refractivity contribution in [2.45, 2.75) is 0 Å². The van der Waals surface area contributed by atoms with Gasteiger partial charge in [0.1, 0.15) is 11.3 Å². The first kappa shape index (κ1) is 13.5. The van der Waals surface area contributed by atoms with Crippen molar-refractivity contribution in [3.8, 4) is 5.75 Å². The molecule has 0 aliphatic rings. The van der Waals surface area contributed by atoms with E-state index in [-0.39, 0.29) is 31.6 Å². The summed E-state index contributed by atoms with van der Waals surface area (Å²) in [5.41, 5.74) is -0.0497. The van der Waals surface area contributed by atoms with Gasteiger partial charge in [-0.2, -0.15) is 0 Å². The van der Waals surface area contributed by atoms with E-state index in [1.165, 1.54) is 6.07 Å². The number of carboxylic acids is 1. The van der Waals surface area contributed by atoms with Crippen molar-refractivity contribution >= 4 is 51.2 Å². The first-order chi connectivity index (χ1) is 5.52. The number of phenols is 1. The first-order valence-electron chi connectivity index (χ1n) is 2.93. The molecule has 0 aromatic heterocycles. The molecule has 1 aromatic rings. The molecule has 0 spiro atoms. The predicted octanol–water partition coefficient (Wildman–Crippen LogP) is -0.584. The number of benzene rings is 1. The van der Waals surface area contributed by atoms with Gasteiger partial charge < -0.3 is 11.6 Å². The van der Waals surface area contributed by atoms with E-state index < -0.39 is 5.97 Å². The minimum absolute atomic E-state index is 0. The number of rotatable bonds is 1. The smallest absolute Gasteiger partial charge is 1.00 e. The summed E-state index contributed by atoms with van der Waals surface area (Å²) in [6.07, 6.45) is 0. The van der Waals surface area contributed by atoms with Crippen molar-refractivity contribution in [1.82, 2.24) is 0 Å². The monoisotopic (exact) mass is 398 g/mol. The van der Waals surface area contributed by atoms with Crippen LogP contribution in [0.5, 0.6) is 5.75 Å². The molecule has 1 aromatic carbocycles. The van der Waals surface area contributed by atoms with Crippen molar-refractivity contribution < 1.29 is 35.3 Å². The Bertz CT molecular complexity index is 346. The van der Waals surface area contributed by atoms with E-state index in [4.69, 9.17) is 5.11 Å². The molecule has 0 bridgehead atoms. The number of aromatic hydroxyl groups is 1. The minimum atomic E-state index is -1.11. The summed E-state index contributed by atoms with van der Waals surface area (Å²) in [6, 6.07) is 3.14. The van der Waals surface area contributed by atoms with Gasteiger partial charge in [0.25, 0.3) is 0 Å². The molecule has 66 valence electrons. The topological polar surface area (TPSA) is 57.5 Å². The van der Waals surface area contributed by atoms with Gasteiger partial charge >= 0.3 is 24.8 Å². The van der Waals surface area contributed by atoms with Gasteiger partial charge in [-0.05, 0) is 57.3 Å². The van der Waals surface area contributed by atoms with Gasteiger partial charge in [-0.1, -0.05) is 0 Å². The van der Waals surface area contributed by atoms with E-state index >= 15 is 0 Å². The Kier molecular flexibility index (Phi) is 5.66. The van der Waals surface area contributed by atoms with Crippen LogP contribution in [-0.4, -0.2) is 16.2 Å². The van der Waals surface area contributed by atoms with Gasteiger partial charge in [0.2, 0.25) is 0 Å². The average molecular weight is 398 g/mol. The second kappa shape index (κ2) is 5.43. The third kappa shape index (κ3) is 3.31. The van der Waals surface area contributed by atoms with Crippen molar-refractivity contribution in [2.24, 2.45) is 0 Å². The molecule has 0 saturated heterocycles. The Hall–Kier alpha value is 0.547. The molecule has 3 nitrogen and oxygen atoms in total. The van der Waals surface area contributed by atoms with Gasteiger partial charge in [-0.15, -0.1) is 0 Å². The molecule has 13 heavy (non-hydrogen) atoms. The van der Waals surface area contributed by atoms with Crippen LogP contribution in [0.1, 0.15) is 11.8 Å². The van der Waals surface area contributed by atoms with Gasteiger partial charge in [0, 0.05) is 3.57 Å². The van der Waals surface area contributed by atoms with Crippen molar-refractivity contribution in [3.63, 3.8) is 0 Å². The zero-order valence-corrected chi connectivity index (χ0v) is 11.0. The van der Waals surface area contributed by atoms with Crippen molar-refractivity contribution in [3.05, 3.63) is 24.8 Å². The van der Waals surface area contributed by atoms with Crippen molar-refractivity contribution in [2.75, 3.05) is 0 Å². The summed E-state index contributed by atoms with van der Waals surface area (Å²) in [5, 5.41) is 17.9. The Labute approximate surface area is 116 Å². The number of carbonyl (C=O) groups is 1. The number of hydrogen-bond acceptors (Lipinski definition) is 2. The van der Waals surface area contributed by atoms with Crippen molar-refractivity contribution in [1.29, 1.82) is 0 Å². The molecule has 1 rings (SSSR count). The molecule has 0 saturated carbocycles. The quantitative estimate of drug-likeness (QED) is 0.492. The van der Waals surface area contributed by atoms with Crippen LogP contribution in [0.25, 0.3) is 0 Å². The third-order valence-electron chi connectivity index (χ3n) is 1.26. The second-order valence-corrected chi connectivity index (χ2v) is 4.50. The number of hydrogen-bond donors (Lipinski definition) is 2. The Morgan fingerprint density at radius 1 is 1.38 bits per heavy atom. The molecule has 2 N–H and O–H groups in total. The van der Waals surface area contributed by atoms with Gasteiger partial charge in [-0.25, -0.2) is 4.79 Å². The van der Waals surface area contributed by atoms with Crippen LogP contribution < -0.4 is 18.9 Å². The summed E-state index contributed by atoms with van der Waals surface area (Å²) in [7, 11) is 0. The first-order valence-corrected chi connectivity index (χ1v) is 5.09. The molecule has 0 heterocycles. The largest absolute Gasteiger partial charge is 1.00 e. The SMILES string of the molecule is O=C(O)c1cc(I)cc(I)c1O.[H-].[Li+]. The van der Waals surface area contributed by atoms with Crippen LogP contribution in [0.2, 0.25) is 0 Å². The summed E-state index contributed by atoms with van der Waals surface area (Å²) >= 11 is 3.89. The molecule has 0 amide bonds. The zero-order valence-electron chi connectivity index (χ0n) is 7.71. The fraction of sp³-hybridized carbons (Fsp3) is 0.